The molecule has 22 heavy (non-hydrogen) atoms. The Labute approximate surface area is 131 Å². The van der Waals surface area contributed by atoms with Crippen molar-refractivity contribution >= 4 is 11.8 Å². The van der Waals surface area contributed by atoms with Crippen molar-refractivity contribution in [3.63, 3.8) is 0 Å². The lowest BCUT2D eigenvalue weighted by Crippen LogP contribution is -2.44. The second kappa shape index (κ2) is 7.82. The predicted octanol–water partition coefficient (Wildman–Crippen LogP) is 1.61. The van der Waals surface area contributed by atoms with Gasteiger partial charge in [0.15, 0.2) is 0 Å². The van der Waals surface area contributed by atoms with Gasteiger partial charge in [-0.2, -0.15) is 0 Å². The molecule has 1 aliphatic heterocycles. The normalized spacial score (nSPS) is 15.5. The molecule has 0 atom stereocenters. The van der Waals surface area contributed by atoms with Crippen molar-refractivity contribution in [2.45, 2.75) is 26.2 Å². The van der Waals surface area contributed by atoms with E-state index in [1.165, 1.54) is 12.5 Å². The van der Waals surface area contributed by atoms with Crippen LogP contribution in [0, 0.1) is 5.92 Å². The minimum Gasteiger partial charge on any atom is -0.497 e. The molecular formula is C17H24N2O3. The molecule has 1 saturated heterocycles. The summed E-state index contributed by atoms with van der Waals surface area (Å²) >= 11 is 0. The van der Waals surface area contributed by atoms with Gasteiger partial charge in [0.25, 0.3) is 0 Å². The third-order valence-corrected chi connectivity index (χ3v) is 4.14. The average Bonchev–Trinajstić information content (AvgIpc) is 2.54. The van der Waals surface area contributed by atoms with Gasteiger partial charge in [-0.1, -0.05) is 12.1 Å². The molecule has 0 spiro atoms. The molecule has 0 unspecified atom stereocenters. The summed E-state index contributed by atoms with van der Waals surface area (Å²) in [6, 6.07) is 8.18. The van der Waals surface area contributed by atoms with Gasteiger partial charge in [0.2, 0.25) is 11.8 Å². The Morgan fingerprint density at radius 1 is 1.23 bits per heavy atom. The van der Waals surface area contributed by atoms with Gasteiger partial charge in [-0.05, 0) is 42.9 Å². The molecule has 2 rings (SSSR count). The molecule has 1 aromatic carbocycles. The first-order chi connectivity index (χ1) is 10.6. The lowest BCUT2D eigenvalue weighted by atomic mass is 9.90. The van der Waals surface area contributed by atoms with Gasteiger partial charge >= 0.3 is 0 Å². The van der Waals surface area contributed by atoms with Crippen molar-refractivity contribution in [2.75, 3.05) is 26.7 Å². The van der Waals surface area contributed by atoms with E-state index in [2.05, 4.69) is 17.4 Å². The molecule has 1 heterocycles. The molecule has 0 radical (unpaired) electrons. The number of piperidine rings is 1. The van der Waals surface area contributed by atoms with Gasteiger partial charge in [0.05, 0.1) is 13.7 Å². The monoisotopic (exact) mass is 304 g/mol. The van der Waals surface area contributed by atoms with E-state index in [4.69, 9.17) is 4.74 Å². The summed E-state index contributed by atoms with van der Waals surface area (Å²) in [4.78, 5) is 24.6. The van der Waals surface area contributed by atoms with Crippen molar-refractivity contribution in [3.8, 4) is 5.75 Å². The first-order valence-corrected chi connectivity index (χ1v) is 7.73. The fourth-order valence-electron chi connectivity index (χ4n) is 2.79. The zero-order chi connectivity index (χ0) is 15.9. The Morgan fingerprint density at radius 3 is 2.41 bits per heavy atom. The SMILES string of the molecule is COc1ccc(CC2CCN(C(=O)CNC(C)=O)CC2)cc1. The number of hydrogen-bond donors (Lipinski definition) is 1. The van der Waals surface area contributed by atoms with Crippen LogP contribution in [-0.2, 0) is 16.0 Å². The summed E-state index contributed by atoms with van der Waals surface area (Å²) in [6.07, 6.45) is 3.06. The van der Waals surface area contributed by atoms with Crippen LogP contribution in [0.25, 0.3) is 0 Å². The number of rotatable bonds is 5. The molecule has 0 aliphatic carbocycles. The van der Waals surface area contributed by atoms with Gasteiger partial charge < -0.3 is 15.0 Å². The lowest BCUT2D eigenvalue weighted by molar-refractivity contribution is -0.133. The third kappa shape index (κ3) is 4.76. The number of nitrogens with zero attached hydrogens (tertiary/aromatic N) is 1. The molecule has 120 valence electrons. The molecule has 1 N–H and O–H groups in total. The lowest BCUT2D eigenvalue weighted by Gasteiger charge is -2.32. The molecule has 0 bridgehead atoms. The second-order valence-corrected chi connectivity index (χ2v) is 5.79. The Balaban J connectivity index is 1.76. The van der Waals surface area contributed by atoms with Crippen LogP contribution in [0.1, 0.15) is 25.3 Å². The summed E-state index contributed by atoms with van der Waals surface area (Å²) < 4.78 is 5.17. The zero-order valence-electron chi connectivity index (χ0n) is 13.3. The van der Waals surface area contributed by atoms with Crippen LogP contribution in [0.4, 0.5) is 0 Å². The molecule has 5 heteroatoms. The number of likely N-dealkylation sites (tertiary alicyclic amines) is 1. The number of nitrogens with one attached hydrogen (secondary N) is 1. The molecular weight excluding hydrogens is 280 g/mol. The topological polar surface area (TPSA) is 58.6 Å². The van der Waals surface area contributed by atoms with E-state index in [-0.39, 0.29) is 18.4 Å². The first-order valence-electron chi connectivity index (χ1n) is 7.73. The third-order valence-electron chi connectivity index (χ3n) is 4.14. The first kappa shape index (κ1) is 16.3. The number of benzene rings is 1. The quantitative estimate of drug-likeness (QED) is 0.899. The molecule has 1 aliphatic rings. The van der Waals surface area contributed by atoms with E-state index in [9.17, 15) is 9.59 Å². The summed E-state index contributed by atoms with van der Waals surface area (Å²) in [6.45, 7) is 3.09. The summed E-state index contributed by atoms with van der Waals surface area (Å²) in [5.74, 6) is 1.33. The molecule has 1 fully saturated rings. The van der Waals surface area contributed by atoms with Crippen LogP contribution in [0.2, 0.25) is 0 Å². The minimum absolute atomic E-state index is 0.0121. The van der Waals surface area contributed by atoms with Crippen LogP contribution in [-0.4, -0.2) is 43.5 Å². The maximum atomic E-state index is 11.9. The number of hydrogen-bond acceptors (Lipinski definition) is 3. The Kier molecular flexibility index (Phi) is 5.81. The highest BCUT2D eigenvalue weighted by Gasteiger charge is 2.22. The van der Waals surface area contributed by atoms with Gasteiger partial charge in [-0.3, -0.25) is 9.59 Å². The van der Waals surface area contributed by atoms with Crippen LogP contribution < -0.4 is 10.1 Å². The average molecular weight is 304 g/mol. The fraction of sp³-hybridized carbons (Fsp3) is 0.529. The highest BCUT2D eigenvalue weighted by molar-refractivity contribution is 5.83. The summed E-state index contributed by atoms with van der Waals surface area (Å²) in [7, 11) is 1.67. The van der Waals surface area contributed by atoms with E-state index >= 15 is 0 Å². The Morgan fingerprint density at radius 2 is 1.86 bits per heavy atom. The molecule has 0 saturated carbocycles. The number of methoxy groups -OCH3 is 1. The van der Waals surface area contributed by atoms with E-state index in [0.717, 1.165) is 38.1 Å². The van der Waals surface area contributed by atoms with E-state index in [1.807, 2.05) is 17.0 Å². The van der Waals surface area contributed by atoms with Crippen molar-refractivity contribution in [3.05, 3.63) is 29.8 Å². The number of carbonyl (C=O) groups is 2. The van der Waals surface area contributed by atoms with E-state index in [0.29, 0.717) is 5.92 Å². The molecule has 0 aromatic heterocycles. The summed E-state index contributed by atoms with van der Waals surface area (Å²) in [5, 5.41) is 2.56. The van der Waals surface area contributed by atoms with Crippen LogP contribution in [0.5, 0.6) is 5.75 Å². The van der Waals surface area contributed by atoms with Gasteiger partial charge in [0, 0.05) is 20.0 Å². The molecule has 2 amide bonds. The van der Waals surface area contributed by atoms with Crippen LogP contribution >= 0.6 is 0 Å². The van der Waals surface area contributed by atoms with E-state index < -0.39 is 0 Å². The van der Waals surface area contributed by atoms with E-state index in [1.54, 1.807) is 7.11 Å². The van der Waals surface area contributed by atoms with Crippen molar-refractivity contribution < 1.29 is 14.3 Å². The van der Waals surface area contributed by atoms with Crippen molar-refractivity contribution in [1.82, 2.24) is 10.2 Å². The van der Waals surface area contributed by atoms with Crippen molar-refractivity contribution in [1.29, 1.82) is 0 Å². The second-order valence-electron chi connectivity index (χ2n) is 5.79. The maximum absolute atomic E-state index is 11.9. The summed E-state index contributed by atoms with van der Waals surface area (Å²) in [5.41, 5.74) is 1.31. The van der Waals surface area contributed by atoms with Crippen LogP contribution in [0.15, 0.2) is 24.3 Å². The number of amides is 2. The zero-order valence-corrected chi connectivity index (χ0v) is 13.3. The number of ether oxygens (including phenoxy) is 1. The predicted molar refractivity (Wildman–Crippen MR) is 84.7 cm³/mol. The largest absolute Gasteiger partial charge is 0.497 e. The standard InChI is InChI=1S/C17H24N2O3/c1-13(20)18-12-17(21)19-9-7-15(8-10-19)11-14-3-5-16(22-2)6-4-14/h3-6,15H,7-12H2,1-2H3,(H,18,20). The highest BCUT2D eigenvalue weighted by Crippen LogP contribution is 2.22. The van der Waals surface area contributed by atoms with Gasteiger partial charge in [0.1, 0.15) is 5.75 Å². The fourth-order valence-corrected chi connectivity index (χ4v) is 2.79. The van der Waals surface area contributed by atoms with Crippen LogP contribution in [0.3, 0.4) is 0 Å². The Bertz CT molecular complexity index is 505. The molecule has 5 nitrogen and oxygen atoms in total. The Hall–Kier alpha value is -2.04. The minimum atomic E-state index is -0.164. The maximum Gasteiger partial charge on any atom is 0.241 e. The molecule has 1 aromatic rings. The van der Waals surface area contributed by atoms with Crippen molar-refractivity contribution in [2.24, 2.45) is 5.92 Å². The highest BCUT2D eigenvalue weighted by atomic mass is 16.5. The number of carbonyl (C=O) groups excluding carboxylic acids is 2. The smallest absolute Gasteiger partial charge is 0.241 e. The van der Waals surface area contributed by atoms with Gasteiger partial charge in [-0.25, -0.2) is 0 Å². The van der Waals surface area contributed by atoms with Gasteiger partial charge in [-0.15, -0.1) is 0 Å².